The van der Waals surface area contributed by atoms with Gasteiger partial charge >= 0.3 is 0 Å². The van der Waals surface area contributed by atoms with Gasteiger partial charge in [0.05, 0.1) is 0 Å². The van der Waals surface area contributed by atoms with Gasteiger partial charge in [-0.05, 0) is 41.9 Å². The van der Waals surface area contributed by atoms with Crippen LogP contribution in [0.4, 0.5) is 0 Å². The zero-order valence-electron chi connectivity index (χ0n) is 11.1. The van der Waals surface area contributed by atoms with Crippen molar-refractivity contribution >= 4 is 5.57 Å². The van der Waals surface area contributed by atoms with Crippen molar-refractivity contribution in [1.29, 1.82) is 0 Å². The Labute approximate surface area is 100 Å². The largest absolute Gasteiger partial charge is 0.0810 e. The van der Waals surface area contributed by atoms with Crippen LogP contribution in [-0.2, 0) is 0 Å². The molecular weight excluding hydrogens is 192 g/mol. The first kappa shape index (κ1) is 13.0. The fraction of sp³-hybridized carbons (Fsp3) is 0.500. The van der Waals surface area contributed by atoms with E-state index >= 15 is 0 Å². The van der Waals surface area contributed by atoms with Gasteiger partial charge < -0.3 is 0 Å². The lowest BCUT2D eigenvalue weighted by Crippen LogP contribution is -1.91. The Balaban J connectivity index is 2.89. The van der Waals surface area contributed by atoms with E-state index < -0.39 is 0 Å². The molecule has 0 bridgehead atoms. The van der Waals surface area contributed by atoms with Gasteiger partial charge in [-0.15, -0.1) is 0 Å². The monoisotopic (exact) mass is 216 g/mol. The van der Waals surface area contributed by atoms with Crippen LogP contribution in [0.2, 0.25) is 0 Å². The Morgan fingerprint density at radius 3 is 2.19 bits per heavy atom. The summed E-state index contributed by atoms with van der Waals surface area (Å²) in [5, 5.41) is 0. The summed E-state index contributed by atoms with van der Waals surface area (Å²) in [4.78, 5) is 0. The fourth-order valence-corrected chi connectivity index (χ4v) is 1.97. The number of rotatable bonds is 5. The maximum absolute atomic E-state index is 2.33. The van der Waals surface area contributed by atoms with Gasteiger partial charge in [-0.3, -0.25) is 0 Å². The topological polar surface area (TPSA) is 0 Å². The van der Waals surface area contributed by atoms with Gasteiger partial charge in [0.1, 0.15) is 0 Å². The fourth-order valence-electron chi connectivity index (χ4n) is 1.97. The third kappa shape index (κ3) is 3.23. The van der Waals surface area contributed by atoms with E-state index in [-0.39, 0.29) is 0 Å². The molecule has 0 aromatic heterocycles. The summed E-state index contributed by atoms with van der Waals surface area (Å²) >= 11 is 0. The quantitative estimate of drug-likeness (QED) is 0.618. The molecule has 0 heterocycles. The second-order valence-corrected chi connectivity index (χ2v) is 4.42. The van der Waals surface area contributed by atoms with Crippen LogP contribution in [-0.4, -0.2) is 0 Å². The molecule has 0 saturated heterocycles. The molecule has 0 amide bonds. The van der Waals surface area contributed by atoms with Gasteiger partial charge in [-0.25, -0.2) is 0 Å². The Morgan fingerprint density at radius 1 is 1.12 bits per heavy atom. The first-order valence-electron chi connectivity index (χ1n) is 6.52. The minimum Gasteiger partial charge on any atom is -0.0810 e. The molecule has 0 radical (unpaired) electrons. The van der Waals surface area contributed by atoms with Crippen LogP contribution in [0, 0.1) is 0 Å². The van der Waals surface area contributed by atoms with E-state index in [2.05, 4.69) is 58.0 Å². The molecule has 88 valence electrons. The molecule has 1 aromatic rings. The molecule has 1 aromatic carbocycles. The Kier molecular flexibility index (Phi) is 5.31. The average Bonchev–Trinajstić information content (AvgIpc) is 2.35. The second kappa shape index (κ2) is 6.52. The van der Waals surface area contributed by atoms with Crippen molar-refractivity contribution in [2.45, 2.75) is 52.9 Å². The standard InChI is InChI=1S/C16H24/c1-5-8-14(7-3)16-11-9-15(10-12-16)13(4)6-2/h8-13H,5-7H2,1-4H3. The van der Waals surface area contributed by atoms with Crippen LogP contribution < -0.4 is 0 Å². The number of hydrogen-bond acceptors (Lipinski definition) is 0. The first-order valence-corrected chi connectivity index (χ1v) is 6.52. The van der Waals surface area contributed by atoms with E-state index in [1.165, 1.54) is 23.1 Å². The van der Waals surface area contributed by atoms with Crippen LogP contribution in [0.5, 0.6) is 0 Å². The summed E-state index contributed by atoms with van der Waals surface area (Å²) in [5.41, 5.74) is 4.31. The van der Waals surface area contributed by atoms with Crippen molar-refractivity contribution in [2.24, 2.45) is 0 Å². The van der Waals surface area contributed by atoms with Crippen LogP contribution in [0.1, 0.15) is 64.0 Å². The summed E-state index contributed by atoms with van der Waals surface area (Å²) in [6, 6.07) is 9.10. The molecular formula is C16H24. The van der Waals surface area contributed by atoms with Gasteiger partial charge in [0.15, 0.2) is 0 Å². The van der Waals surface area contributed by atoms with Crippen LogP contribution in [0.15, 0.2) is 30.3 Å². The summed E-state index contributed by atoms with van der Waals surface area (Å²) in [5.74, 6) is 0.675. The van der Waals surface area contributed by atoms with E-state index in [0.29, 0.717) is 5.92 Å². The van der Waals surface area contributed by atoms with Crippen molar-refractivity contribution in [3.63, 3.8) is 0 Å². The summed E-state index contributed by atoms with van der Waals surface area (Å²) in [6.45, 7) is 8.96. The van der Waals surface area contributed by atoms with Gasteiger partial charge in [0.2, 0.25) is 0 Å². The second-order valence-electron chi connectivity index (χ2n) is 4.42. The predicted octanol–water partition coefficient (Wildman–Crippen LogP) is 5.40. The molecule has 0 aliphatic heterocycles. The molecule has 16 heavy (non-hydrogen) atoms. The van der Waals surface area contributed by atoms with E-state index in [0.717, 1.165) is 12.8 Å². The number of allylic oxidation sites excluding steroid dienone is 2. The highest BCUT2D eigenvalue weighted by molar-refractivity contribution is 5.65. The van der Waals surface area contributed by atoms with Gasteiger partial charge in [0.25, 0.3) is 0 Å². The van der Waals surface area contributed by atoms with Gasteiger partial charge in [0, 0.05) is 0 Å². The molecule has 1 unspecified atom stereocenters. The number of benzene rings is 1. The molecule has 0 aliphatic rings. The average molecular weight is 216 g/mol. The molecule has 1 rings (SSSR count). The van der Waals surface area contributed by atoms with Gasteiger partial charge in [-0.2, -0.15) is 0 Å². The normalized spacial score (nSPS) is 13.9. The highest BCUT2D eigenvalue weighted by atomic mass is 14.1. The summed E-state index contributed by atoms with van der Waals surface area (Å²) in [7, 11) is 0. The SMILES string of the molecule is CCC=C(CC)c1ccc(C(C)CC)cc1. The highest BCUT2D eigenvalue weighted by Gasteiger charge is 2.03. The minimum absolute atomic E-state index is 0.675. The molecule has 0 N–H and O–H groups in total. The minimum atomic E-state index is 0.675. The molecule has 0 aliphatic carbocycles. The molecule has 1 atom stereocenters. The van der Waals surface area contributed by atoms with Crippen molar-refractivity contribution < 1.29 is 0 Å². The third-order valence-electron chi connectivity index (χ3n) is 3.29. The first-order chi connectivity index (χ1) is 7.72. The van der Waals surface area contributed by atoms with Crippen LogP contribution in [0.25, 0.3) is 5.57 Å². The van der Waals surface area contributed by atoms with Crippen molar-refractivity contribution in [2.75, 3.05) is 0 Å². The predicted molar refractivity (Wildman–Crippen MR) is 73.7 cm³/mol. The molecule has 0 spiro atoms. The zero-order valence-corrected chi connectivity index (χ0v) is 11.1. The van der Waals surface area contributed by atoms with E-state index in [4.69, 9.17) is 0 Å². The lowest BCUT2D eigenvalue weighted by molar-refractivity contribution is 0.733. The zero-order chi connectivity index (χ0) is 12.0. The number of hydrogen-bond donors (Lipinski definition) is 0. The molecule has 0 saturated carbocycles. The maximum atomic E-state index is 2.33. The van der Waals surface area contributed by atoms with Crippen LogP contribution in [0.3, 0.4) is 0 Å². The third-order valence-corrected chi connectivity index (χ3v) is 3.29. The smallest absolute Gasteiger partial charge is 0.0193 e. The summed E-state index contributed by atoms with van der Waals surface area (Å²) in [6.07, 6.45) is 5.79. The van der Waals surface area contributed by atoms with E-state index in [1.807, 2.05) is 0 Å². The Hall–Kier alpha value is -1.04. The van der Waals surface area contributed by atoms with Crippen molar-refractivity contribution in [3.8, 4) is 0 Å². The van der Waals surface area contributed by atoms with Crippen LogP contribution >= 0.6 is 0 Å². The highest BCUT2D eigenvalue weighted by Crippen LogP contribution is 2.23. The Morgan fingerprint density at radius 2 is 1.75 bits per heavy atom. The van der Waals surface area contributed by atoms with E-state index in [9.17, 15) is 0 Å². The molecule has 0 nitrogen and oxygen atoms in total. The molecule has 0 heteroatoms. The lowest BCUT2D eigenvalue weighted by Gasteiger charge is -2.11. The van der Waals surface area contributed by atoms with Gasteiger partial charge in [-0.1, -0.05) is 58.0 Å². The summed E-state index contributed by atoms with van der Waals surface area (Å²) < 4.78 is 0. The molecule has 0 fully saturated rings. The van der Waals surface area contributed by atoms with Crippen molar-refractivity contribution in [3.05, 3.63) is 41.5 Å². The lowest BCUT2D eigenvalue weighted by atomic mass is 9.95. The van der Waals surface area contributed by atoms with E-state index in [1.54, 1.807) is 0 Å². The Bertz CT molecular complexity index is 330. The van der Waals surface area contributed by atoms with Crippen molar-refractivity contribution in [1.82, 2.24) is 0 Å². The maximum Gasteiger partial charge on any atom is -0.0193 e.